The maximum atomic E-state index is 12.0. The lowest BCUT2D eigenvalue weighted by atomic mass is 9.92. The van der Waals surface area contributed by atoms with Crippen LogP contribution in [0.2, 0.25) is 0 Å². The van der Waals surface area contributed by atoms with Gasteiger partial charge in [-0.25, -0.2) is 0 Å². The van der Waals surface area contributed by atoms with Crippen molar-refractivity contribution in [1.29, 1.82) is 0 Å². The molecule has 2 amide bonds. The minimum Gasteiger partial charge on any atom is -0.393 e. The standard InChI is InChI=1S/C15H20N2O3/c1-11(18)12-7-9-17(10-8-12)15(20)14(19)16-13-5-3-2-4-6-13/h2-6,11-12,18H,7-10H2,1H3,(H,16,19). The van der Waals surface area contributed by atoms with E-state index in [2.05, 4.69) is 5.32 Å². The monoisotopic (exact) mass is 276 g/mol. The van der Waals surface area contributed by atoms with E-state index >= 15 is 0 Å². The number of hydrogen-bond acceptors (Lipinski definition) is 3. The summed E-state index contributed by atoms with van der Waals surface area (Å²) in [5.41, 5.74) is 0.615. The lowest BCUT2D eigenvalue weighted by Crippen LogP contribution is -2.45. The van der Waals surface area contributed by atoms with Crippen molar-refractivity contribution >= 4 is 17.5 Å². The predicted molar refractivity (Wildman–Crippen MR) is 76.1 cm³/mol. The molecule has 0 aromatic heterocycles. The van der Waals surface area contributed by atoms with Crippen LogP contribution in [0.4, 0.5) is 5.69 Å². The average Bonchev–Trinajstić information content (AvgIpc) is 2.47. The van der Waals surface area contributed by atoms with Gasteiger partial charge in [-0.3, -0.25) is 9.59 Å². The van der Waals surface area contributed by atoms with E-state index in [-0.39, 0.29) is 12.0 Å². The molecular weight excluding hydrogens is 256 g/mol. The van der Waals surface area contributed by atoms with Crippen LogP contribution in [0.25, 0.3) is 0 Å². The third kappa shape index (κ3) is 3.57. The normalized spacial score (nSPS) is 17.6. The third-order valence-electron chi connectivity index (χ3n) is 3.73. The lowest BCUT2D eigenvalue weighted by Gasteiger charge is -2.32. The van der Waals surface area contributed by atoms with Crippen molar-refractivity contribution in [1.82, 2.24) is 4.90 Å². The number of nitrogens with one attached hydrogen (secondary N) is 1. The van der Waals surface area contributed by atoms with Gasteiger partial charge >= 0.3 is 11.8 Å². The van der Waals surface area contributed by atoms with E-state index in [1.807, 2.05) is 6.07 Å². The van der Waals surface area contributed by atoms with Gasteiger partial charge < -0.3 is 15.3 Å². The molecule has 1 saturated heterocycles. The second-order valence-electron chi connectivity index (χ2n) is 5.19. The number of para-hydroxylation sites is 1. The summed E-state index contributed by atoms with van der Waals surface area (Å²) < 4.78 is 0. The molecule has 0 saturated carbocycles. The Morgan fingerprint density at radius 3 is 2.40 bits per heavy atom. The molecule has 108 valence electrons. The van der Waals surface area contributed by atoms with Crippen LogP contribution in [-0.4, -0.2) is 41.0 Å². The van der Waals surface area contributed by atoms with E-state index in [1.54, 1.807) is 36.1 Å². The number of rotatable bonds is 2. The first-order valence-electron chi connectivity index (χ1n) is 6.91. The van der Waals surface area contributed by atoms with Crippen molar-refractivity contribution in [2.75, 3.05) is 18.4 Å². The van der Waals surface area contributed by atoms with E-state index in [4.69, 9.17) is 0 Å². The van der Waals surface area contributed by atoms with E-state index < -0.39 is 11.8 Å². The minimum absolute atomic E-state index is 0.219. The van der Waals surface area contributed by atoms with Crippen LogP contribution >= 0.6 is 0 Å². The van der Waals surface area contributed by atoms with Crippen LogP contribution in [0.3, 0.4) is 0 Å². The molecule has 0 spiro atoms. The highest BCUT2D eigenvalue weighted by molar-refractivity contribution is 6.39. The summed E-state index contributed by atoms with van der Waals surface area (Å²) in [5, 5.41) is 12.1. The highest BCUT2D eigenvalue weighted by Gasteiger charge is 2.28. The zero-order chi connectivity index (χ0) is 14.5. The zero-order valence-corrected chi connectivity index (χ0v) is 11.6. The molecule has 20 heavy (non-hydrogen) atoms. The molecule has 5 heteroatoms. The fourth-order valence-corrected chi connectivity index (χ4v) is 2.43. The third-order valence-corrected chi connectivity index (χ3v) is 3.73. The Morgan fingerprint density at radius 1 is 1.25 bits per heavy atom. The number of carbonyl (C=O) groups excluding carboxylic acids is 2. The average molecular weight is 276 g/mol. The van der Waals surface area contributed by atoms with E-state index in [0.29, 0.717) is 18.8 Å². The number of piperidine rings is 1. The number of nitrogens with zero attached hydrogens (tertiary/aromatic N) is 1. The molecule has 0 radical (unpaired) electrons. The Kier molecular flexibility index (Phi) is 4.74. The van der Waals surface area contributed by atoms with Crippen molar-refractivity contribution in [3.05, 3.63) is 30.3 Å². The van der Waals surface area contributed by atoms with Crippen LogP contribution in [-0.2, 0) is 9.59 Å². The SMILES string of the molecule is CC(O)C1CCN(C(=O)C(=O)Nc2ccccc2)CC1. The molecule has 1 aliphatic rings. The number of hydrogen-bond donors (Lipinski definition) is 2. The van der Waals surface area contributed by atoms with Crippen LogP contribution in [0.5, 0.6) is 0 Å². The Bertz CT molecular complexity index is 465. The topological polar surface area (TPSA) is 69.6 Å². The number of aliphatic hydroxyl groups excluding tert-OH is 1. The van der Waals surface area contributed by atoms with Gasteiger partial charge in [0, 0.05) is 18.8 Å². The summed E-state index contributed by atoms with van der Waals surface area (Å²) in [6.45, 7) is 2.82. The van der Waals surface area contributed by atoms with Crippen molar-refractivity contribution in [3.8, 4) is 0 Å². The van der Waals surface area contributed by atoms with Gasteiger partial charge in [0.05, 0.1) is 6.10 Å². The van der Waals surface area contributed by atoms with Gasteiger partial charge in [-0.15, -0.1) is 0 Å². The number of amides is 2. The quantitative estimate of drug-likeness (QED) is 0.799. The number of benzene rings is 1. The van der Waals surface area contributed by atoms with Crippen molar-refractivity contribution in [3.63, 3.8) is 0 Å². The minimum atomic E-state index is -0.605. The Hall–Kier alpha value is -1.88. The van der Waals surface area contributed by atoms with Crippen LogP contribution in [0.15, 0.2) is 30.3 Å². The van der Waals surface area contributed by atoms with Gasteiger partial charge in [0.1, 0.15) is 0 Å². The van der Waals surface area contributed by atoms with E-state index in [1.165, 1.54) is 0 Å². The van der Waals surface area contributed by atoms with Crippen LogP contribution < -0.4 is 5.32 Å². The van der Waals surface area contributed by atoms with Gasteiger partial charge in [-0.2, -0.15) is 0 Å². The Balaban J connectivity index is 1.87. The summed E-state index contributed by atoms with van der Waals surface area (Å²) in [6, 6.07) is 8.93. The Labute approximate surface area is 118 Å². The number of carbonyl (C=O) groups is 2. The molecule has 1 atom stereocenters. The van der Waals surface area contributed by atoms with Gasteiger partial charge in [0.2, 0.25) is 0 Å². The Morgan fingerprint density at radius 2 is 1.85 bits per heavy atom. The molecule has 1 heterocycles. The lowest BCUT2D eigenvalue weighted by molar-refractivity contribution is -0.144. The first kappa shape index (κ1) is 14.5. The predicted octanol–water partition coefficient (Wildman–Crippen LogP) is 1.24. The fraction of sp³-hybridized carbons (Fsp3) is 0.467. The van der Waals surface area contributed by atoms with Gasteiger partial charge in [-0.05, 0) is 37.8 Å². The highest BCUT2D eigenvalue weighted by atomic mass is 16.3. The summed E-state index contributed by atoms with van der Waals surface area (Å²) in [5.74, 6) is -0.888. The molecule has 1 aromatic rings. The van der Waals surface area contributed by atoms with Gasteiger partial charge in [0.15, 0.2) is 0 Å². The smallest absolute Gasteiger partial charge is 0.313 e. The number of anilines is 1. The molecule has 2 rings (SSSR count). The molecule has 1 fully saturated rings. The first-order chi connectivity index (χ1) is 9.58. The summed E-state index contributed by atoms with van der Waals surface area (Å²) >= 11 is 0. The maximum Gasteiger partial charge on any atom is 0.313 e. The first-order valence-corrected chi connectivity index (χ1v) is 6.91. The summed E-state index contributed by atoms with van der Waals surface area (Å²) in [6.07, 6.45) is 1.12. The summed E-state index contributed by atoms with van der Waals surface area (Å²) in [7, 11) is 0. The number of likely N-dealkylation sites (tertiary alicyclic amines) is 1. The molecular formula is C15H20N2O3. The van der Waals surface area contributed by atoms with E-state index in [9.17, 15) is 14.7 Å². The van der Waals surface area contributed by atoms with Gasteiger partial charge in [0.25, 0.3) is 0 Å². The molecule has 1 aromatic carbocycles. The molecule has 1 unspecified atom stereocenters. The number of aliphatic hydroxyl groups is 1. The zero-order valence-electron chi connectivity index (χ0n) is 11.6. The van der Waals surface area contributed by atoms with Crippen molar-refractivity contribution in [2.24, 2.45) is 5.92 Å². The summed E-state index contributed by atoms with van der Waals surface area (Å²) in [4.78, 5) is 25.5. The van der Waals surface area contributed by atoms with Crippen molar-refractivity contribution < 1.29 is 14.7 Å². The molecule has 1 aliphatic heterocycles. The molecule has 0 bridgehead atoms. The highest BCUT2D eigenvalue weighted by Crippen LogP contribution is 2.20. The second-order valence-corrected chi connectivity index (χ2v) is 5.19. The van der Waals surface area contributed by atoms with Crippen LogP contribution in [0.1, 0.15) is 19.8 Å². The molecule has 5 nitrogen and oxygen atoms in total. The van der Waals surface area contributed by atoms with Crippen LogP contribution in [0, 0.1) is 5.92 Å². The molecule has 0 aliphatic carbocycles. The fourth-order valence-electron chi connectivity index (χ4n) is 2.43. The van der Waals surface area contributed by atoms with Crippen molar-refractivity contribution in [2.45, 2.75) is 25.9 Å². The van der Waals surface area contributed by atoms with E-state index in [0.717, 1.165) is 12.8 Å². The maximum absolute atomic E-state index is 12.0. The second kappa shape index (κ2) is 6.52. The van der Waals surface area contributed by atoms with Gasteiger partial charge in [-0.1, -0.05) is 18.2 Å². The molecule has 2 N–H and O–H groups in total. The largest absolute Gasteiger partial charge is 0.393 e.